The van der Waals surface area contributed by atoms with E-state index in [1.807, 2.05) is 0 Å². The molecule has 0 aliphatic carbocycles. The van der Waals surface area contributed by atoms with E-state index in [1.54, 1.807) is 6.07 Å². The zero-order chi connectivity index (χ0) is 13.9. The first-order valence-electron chi connectivity index (χ1n) is 4.39. The van der Waals surface area contributed by atoms with Gasteiger partial charge in [-0.3, -0.25) is 0 Å². The average Bonchev–Trinajstić information content (AvgIpc) is 2.29. The van der Waals surface area contributed by atoms with Gasteiger partial charge in [0.2, 0.25) is 0 Å². The number of alkyl halides is 3. The van der Waals surface area contributed by atoms with Crippen molar-refractivity contribution in [2.75, 3.05) is 7.11 Å². The number of rotatable bonds is 2. The summed E-state index contributed by atoms with van der Waals surface area (Å²) in [5.74, 6) is -0.816. The quantitative estimate of drug-likeness (QED) is 0.516. The molecule has 0 saturated carbocycles. The highest BCUT2D eigenvalue weighted by Crippen LogP contribution is 2.41. The van der Waals surface area contributed by atoms with E-state index in [4.69, 9.17) is 5.26 Å². The molecule has 18 heavy (non-hydrogen) atoms. The predicted octanol–water partition coefficient (Wildman–Crippen LogP) is 3.25. The molecule has 0 atom stereocenters. The van der Waals surface area contributed by atoms with Gasteiger partial charge in [0.25, 0.3) is 0 Å². The lowest BCUT2D eigenvalue weighted by Crippen LogP contribution is -2.05. The van der Waals surface area contributed by atoms with E-state index in [1.165, 1.54) is 0 Å². The van der Waals surface area contributed by atoms with Gasteiger partial charge in [-0.15, -0.1) is 12.6 Å². The lowest BCUT2D eigenvalue weighted by molar-refractivity contribution is -0.0329. The molecule has 0 N–H and O–H groups in total. The molecule has 3 nitrogen and oxygen atoms in total. The fourth-order valence-corrected chi connectivity index (χ4v) is 2.09. The molecule has 0 bridgehead atoms. The van der Waals surface area contributed by atoms with E-state index in [0.717, 1.165) is 19.2 Å². The van der Waals surface area contributed by atoms with E-state index < -0.39 is 23.2 Å². The van der Waals surface area contributed by atoms with Gasteiger partial charge in [-0.1, -0.05) is 0 Å². The molecule has 1 aromatic carbocycles. The standard InChI is InChI=1S/C10H6F3NO2S2/c1-16-9(15)5-2-6(4-14)8(17)7(3-5)18-10(11,12)13/h2-3,17H,1H3. The predicted molar refractivity (Wildman–Crippen MR) is 61.7 cm³/mol. The van der Waals surface area contributed by atoms with Crippen LogP contribution in [0.1, 0.15) is 15.9 Å². The van der Waals surface area contributed by atoms with Crippen LogP contribution >= 0.6 is 24.4 Å². The highest BCUT2D eigenvalue weighted by atomic mass is 32.2. The summed E-state index contributed by atoms with van der Waals surface area (Å²) in [7, 11) is 1.10. The van der Waals surface area contributed by atoms with Crippen LogP contribution in [0.15, 0.2) is 21.9 Å². The van der Waals surface area contributed by atoms with Gasteiger partial charge in [-0.05, 0) is 23.9 Å². The van der Waals surface area contributed by atoms with Crippen molar-refractivity contribution in [3.63, 3.8) is 0 Å². The number of hydrogen-bond donors (Lipinski definition) is 1. The molecule has 0 saturated heterocycles. The van der Waals surface area contributed by atoms with Crippen molar-refractivity contribution in [3.8, 4) is 6.07 Å². The van der Waals surface area contributed by atoms with Gasteiger partial charge >= 0.3 is 11.5 Å². The van der Waals surface area contributed by atoms with Gasteiger partial charge in [-0.25, -0.2) is 4.79 Å². The molecule has 8 heteroatoms. The summed E-state index contributed by atoms with van der Waals surface area (Å²) in [5.41, 5.74) is -4.77. The Morgan fingerprint density at radius 2 is 2.11 bits per heavy atom. The van der Waals surface area contributed by atoms with Gasteiger partial charge in [0, 0.05) is 9.79 Å². The van der Waals surface area contributed by atoms with Crippen LogP contribution in [0, 0.1) is 11.3 Å². The second kappa shape index (κ2) is 5.54. The van der Waals surface area contributed by atoms with Crippen LogP contribution in [0.5, 0.6) is 0 Å². The molecule has 0 fully saturated rings. The molecule has 0 aliphatic heterocycles. The monoisotopic (exact) mass is 293 g/mol. The maximum atomic E-state index is 12.3. The molecule has 0 aliphatic rings. The minimum absolute atomic E-state index is 0.118. The Labute approximate surface area is 110 Å². The second-order valence-corrected chi connectivity index (χ2v) is 4.58. The maximum Gasteiger partial charge on any atom is 0.446 e. The summed E-state index contributed by atoms with van der Waals surface area (Å²) in [5, 5.41) is 8.78. The lowest BCUT2D eigenvalue weighted by Gasteiger charge is -2.10. The Balaban J connectivity index is 3.33. The van der Waals surface area contributed by atoms with Crippen molar-refractivity contribution in [2.45, 2.75) is 15.3 Å². The summed E-state index contributed by atoms with van der Waals surface area (Å²) in [6.45, 7) is 0. The number of thioether (sulfide) groups is 1. The summed E-state index contributed by atoms with van der Waals surface area (Å²) >= 11 is 3.42. The number of halogens is 3. The Hall–Kier alpha value is -1.33. The molecule has 0 unspecified atom stereocenters. The average molecular weight is 293 g/mol. The number of hydrogen-bond acceptors (Lipinski definition) is 5. The van der Waals surface area contributed by atoms with Gasteiger partial charge in [0.05, 0.1) is 18.2 Å². The third-order valence-corrected chi connectivity index (χ3v) is 3.25. The Morgan fingerprint density at radius 1 is 1.50 bits per heavy atom. The zero-order valence-electron chi connectivity index (χ0n) is 8.91. The first kappa shape index (κ1) is 14.7. The highest BCUT2D eigenvalue weighted by molar-refractivity contribution is 8.00. The number of thiol groups is 1. The van der Waals surface area contributed by atoms with Gasteiger partial charge in [-0.2, -0.15) is 18.4 Å². The smallest absolute Gasteiger partial charge is 0.446 e. The second-order valence-electron chi connectivity index (χ2n) is 3.02. The van der Waals surface area contributed by atoms with Crippen molar-refractivity contribution in [2.24, 2.45) is 0 Å². The molecule has 0 spiro atoms. The van der Waals surface area contributed by atoms with Crippen LogP contribution in [0.3, 0.4) is 0 Å². The summed E-state index contributed by atoms with van der Waals surface area (Å²) in [6, 6.07) is 3.80. The summed E-state index contributed by atoms with van der Waals surface area (Å²) in [6.07, 6.45) is 0. The van der Waals surface area contributed by atoms with Crippen LogP contribution < -0.4 is 0 Å². The Bertz CT molecular complexity index is 523. The number of methoxy groups -OCH3 is 1. The SMILES string of the molecule is COC(=O)c1cc(C#N)c(S)c(SC(F)(F)F)c1. The molecule has 0 radical (unpaired) electrons. The van der Waals surface area contributed by atoms with Crippen molar-refractivity contribution in [1.29, 1.82) is 5.26 Å². The maximum absolute atomic E-state index is 12.3. The first-order chi connectivity index (χ1) is 8.28. The molecular formula is C10H6F3NO2S2. The molecule has 96 valence electrons. The number of nitrogens with zero attached hydrogens (tertiary/aromatic N) is 1. The Morgan fingerprint density at radius 3 is 2.56 bits per heavy atom. The molecular weight excluding hydrogens is 287 g/mol. The van der Waals surface area contributed by atoms with Crippen LogP contribution in [-0.4, -0.2) is 18.6 Å². The first-order valence-corrected chi connectivity index (χ1v) is 5.66. The van der Waals surface area contributed by atoms with E-state index >= 15 is 0 Å². The van der Waals surface area contributed by atoms with E-state index in [9.17, 15) is 18.0 Å². The minimum Gasteiger partial charge on any atom is -0.465 e. The third kappa shape index (κ3) is 3.58. The van der Waals surface area contributed by atoms with Crippen LogP contribution in [-0.2, 0) is 4.74 Å². The van der Waals surface area contributed by atoms with Crippen molar-refractivity contribution >= 4 is 30.4 Å². The molecule has 1 rings (SSSR count). The van der Waals surface area contributed by atoms with Crippen molar-refractivity contribution < 1.29 is 22.7 Å². The van der Waals surface area contributed by atoms with E-state index in [-0.39, 0.29) is 20.9 Å². The number of nitriles is 1. The summed E-state index contributed by atoms with van der Waals surface area (Å²) < 4.78 is 41.3. The number of benzene rings is 1. The fraction of sp³-hybridized carbons (Fsp3) is 0.200. The van der Waals surface area contributed by atoms with Crippen LogP contribution in [0.2, 0.25) is 0 Å². The number of ether oxygens (including phenoxy) is 1. The van der Waals surface area contributed by atoms with Gasteiger partial charge in [0.1, 0.15) is 6.07 Å². The molecule has 1 aromatic rings. The molecule has 0 amide bonds. The number of carbonyl (C=O) groups is 1. The summed E-state index contributed by atoms with van der Waals surface area (Å²) in [4.78, 5) is 10.8. The molecule has 0 heterocycles. The normalized spacial score (nSPS) is 10.9. The Kier molecular flexibility index (Phi) is 4.53. The number of esters is 1. The van der Waals surface area contributed by atoms with Crippen molar-refractivity contribution in [3.05, 3.63) is 23.3 Å². The topological polar surface area (TPSA) is 50.1 Å². The zero-order valence-corrected chi connectivity index (χ0v) is 10.6. The number of carbonyl (C=O) groups excluding carboxylic acids is 1. The third-order valence-electron chi connectivity index (χ3n) is 1.84. The van der Waals surface area contributed by atoms with Crippen LogP contribution in [0.25, 0.3) is 0 Å². The van der Waals surface area contributed by atoms with Gasteiger partial charge < -0.3 is 4.74 Å². The minimum atomic E-state index is -4.53. The van der Waals surface area contributed by atoms with E-state index in [0.29, 0.717) is 0 Å². The fourth-order valence-electron chi connectivity index (χ4n) is 1.13. The largest absolute Gasteiger partial charge is 0.465 e. The van der Waals surface area contributed by atoms with Gasteiger partial charge in [0.15, 0.2) is 0 Å². The lowest BCUT2D eigenvalue weighted by atomic mass is 10.1. The molecule has 0 aromatic heterocycles. The van der Waals surface area contributed by atoms with E-state index in [2.05, 4.69) is 17.4 Å². The highest BCUT2D eigenvalue weighted by Gasteiger charge is 2.31. The van der Waals surface area contributed by atoms with Crippen molar-refractivity contribution in [1.82, 2.24) is 0 Å². The van der Waals surface area contributed by atoms with Crippen LogP contribution in [0.4, 0.5) is 13.2 Å².